The lowest BCUT2D eigenvalue weighted by Gasteiger charge is -2.20. The van der Waals surface area contributed by atoms with Gasteiger partial charge in [-0.15, -0.1) is 0 Å². The van der Waals surface area contributed by atoms with E-state index in [2.05, 4.69) is 78.0 Å². The van der Waals surface area contributed by atoms with Crippen LogP contribution in [-0.2, 0) is 11.8 Å². The van der Waals surface area contributed by atoms with Gasteiger partial charge in [0.2, 0.25) is 0 Å². The highest BCUT2D eigenvalue weighted by Gasteiger charge is 2.21. The largest absolute Gasteiger partial charge is 0.0654 e. The molecule has 132 valence electrons. The SMILES string of the molecule is CCCCC1=Cc2c(c(C)cc(C)c2-c2ccc(C(C)(C)C)cc2)C1. The van der Waals surface area contributed by atoms with Gasteiger partial charge in [-0.1, -0.05) is 76.1 Å². The summed E-state index contributed by atoms with van der Waals surface area (Å²) in [4.78, 5) is 0. The smallest absolute Gasteiger partial charge is 0.00550 e. The Hall–Kier alpha value is -1.82. The van der Waals surface area contributed by atoms with E-state index in [0.29, 0.717) is 0 Å². The van der Waals surface area contributed by atoms with E-state index in [4.69, 9.17) is 0 Å². The number of allylic oxidation sites excluding steroid dienone is 1. The zero-order chi connectivity index (χ0) is 18.2. The van der Waals surface area contributed by atoms with Crippen LogP contribution in [0.15, 0.2) is 35.9 Å². The fourth-order valence-electron chi connectivity index (χ4n) is 4.02. The second kappa shape index (κ2) is 6.83. The highest BCUT2D eigenvalue weighted by molar-refractivity contribution is 5.84. The topological polar surface area (TPSA) is 0 Å². The summed E-state index contributed by atoms with van der Waals surface area (Å²) >= 11 is 0. The molecule has 1 aliphatic carbocycles. The van der Waals surface area contributed by atoms with Gasteiger partial charge in [0.05, 0.1) is 0 Å². The molecule has 0 fully saturated rings. The van der Waals surface area contributed by atoms with Gasteiger partial charge in [-0.2, -0.15) is 0 Å². The number of rotatable bonds is 4. The normalized spacial score (nSPS) is 13.8. The molecule has 0 saturated heterocycles. The number of hydrogen-bond donors (Lipinski definition) is 0. The lowest BCUT2D eigenvalue weighted by Crippen LogP contribution is -2.10. The van der Waals surface area contributed by atoms with Gasteiger partial charge in [0, 0.05) is 0 Å². The average Bonchev–Trinajstić information content (AvgIpc) is 2.97. The maximum Gasteiger partial charge on any atom is -0.00550 e. The van der Waals surface area contributed by atoms with Crippen molar-refractivity contribution in [3.8, 4) is 11.1 Å². The Bertz CT molecular complexity index is 795. The van der Waals surface area contributed by atoms with Gasteiger partial charge in [0.25, 0.3) is 0 Å². The number of benzene rings is 2. The van der Waals surface area contributed by atoms with E-state index in [1.54, 1.807) is 11.1 Å². The van der Waals surface area contributed by atoms with Crippen LogP contribution in [0.1, 0.15) is 74.8 Å². The minimum absolute atomic E-state index is 0.204. The Morgan fingerprint density at radius 1 is 0.960 bits per heavy atom. The van der Waals surface area contributed by atoms with Gasteiger partial charge in [-0.25, -0.2) is 0 Å². The standard InChI is InChI=1S/C25H32/c1-7-8-9-19-15-22-17(2)14-18(3)24(23(22)16-19)20-10-12-21(13-11-20)25(4,5)6/h10-14,16H,7-9,15H2,1-6H3. The molecule has 2 aromatic carbocycles. The summed E-state index contributed by atoms with van der Waals surface area (Å²) in [5.74, 6) is 0. The van der Waals surface area contributed by atoms with Gasteiger partial charge in [-0.3, -0.25) is 0 Å². The van der Waals surface area contributed by atoms with Crippen LogP contribution in [0.25, 0.3) is 17.2 Å². The van der Waals surface area contributed by atoms with E-state index in [1.165, 1.54) is 52.6 Å². The molecule has 0 aliphatic heterocycles. The zero-order valence-electron chi connectivity index (χ0n) is 16.8. The van der Waals surface area contributed by atoms with Crippen molar-refractivity contribution in [1.82, 2.24) is 0 Å². The first-order valence-corrected chi connectivity index (χ1v) is 9.74. The van der Waals surface area contributed by atoms with Crippen LogP contribution in [0.5, 0.6) is 0 Å². The van der Waals surface area contributed by atoms with Crippen LogP contribution in [0, 0.1) is 13.8 Å². The maximum absolute atomic E-state index is 2.48. The van der Waals surface area contributed by atoms with Crippen LogP contribution in [-0.4, -0.2) is 0 Å². The van der Waals surface area contributed by atoms with Crippen molar-refractivity contribution in [3.05, 3.63) is 63.7 Å². The summed E-state index contributed by atoms with van der Waals surface area (Å²) in [7, 11) is 0. The maximum atomic E-state index is 2.48. The molecule has 0 heteroatoms. The third kappa shape index (κ3) is 3.59. The minimum atomic E-state index is 0.204. The monoisotopic (exact) mass is 332 g/mol. The van der Waals surface area contributed by atoms with E-state index in [1.807, 2.05) is 0 Å². The number of aryl methyl sites for hydroxylation is 2. The van der Waals surface area contributed by atoms with Crippen molar-refractivity contribution < 1.29 is 0 Å². The summed E-state index contributed by atoms with van der Waals surface area (Å²) in [6, 6.07) is 11.6. The second-order valence-corrected chi connectivity index (χ2v) is 8.69. The Morgan fingerprint density at radius 3 is 2.24 bits per heavy atom. The predicted octanol–water partition coefficient (Wildman–Crippen LogP) is 7.40. The molecule has 0 heterocycles. The molecule has 0 aromatic heterocycles. The average molecular weight is 333 g/mol. The lowest BCUT2D eigenvalue weighted by atomic mass is 9.84. The molecule has 0 unspecified atom stereocenters. The summed E-state index contributed by atoms with van der Waals surface area (Å²) in [6.45, 7) is 13.6. The molecule has 0 saturated carbocycles. The quantitative estimate of drug-likeness (QED) is 0.547. The van der Waals surface area contributed by atoms with Crippen molar-refractivity contribution >= 4 is 6.08 Å². The Kier molecular flexibility index (Phi) is 4.91. The molecular weight excluding hydrogens is 300 g/mol. The zero-order valence-corrected chi connectivity index (χ0v) is 16.8. The van der Waals surface area contributed by atoms with E-state index in [0.717, 1.165) is 6.42 Å². The minimum Gasteiger partial charge on any atom is -0.0654 e. The first kappa shape index (κ1) is 18.0. The van der Waals surface area contributed by atoms with Gasteiger partial charge in [-0.05, 0) is 77.5 Å². The van der Waals surface area contributed by atoms with Gasteiger partial charge in [0.1, 0.15) is 0 Å². The van der Waals surface area contributed by atoms with Gasteiger partial charge in [0.15, 0.2) is 0 Å². The third-order valence-corrected chi connectivity index (χ3v) is 5.54. The van der Waals surface area contributed by atoms with Crippen molar-refractivity contribution in [2.75, 3.05) is 0 Å². The molecule has 3 rings (SSSR count). The number of unbranched alkanes of at least 4 members (excludes halogenated alkanes) is 1. The van der Waals surface area contributed by atoms with E-state index < -0.39 is 0 Å². The molecule has 0 amide bonds. The highest BCUT2D eigenvalue weighted by atomic mass is 14.3. The first-order chi connectivity index (χ1) is 11.8. The van der Waals surface area contributed by atoms with Crippen molar-refractivity contribution in [1.29, 1.82) is 0 Å². The Morgan fingerprint density at radius 2 is 1.64 bits per heavy atom. The molecule has 0 N–H and O–H groups in total. The number of hydrogen-bond acceptors (Lipinski definition) is 0. The van der Waals surface area contributed by atoms with Crippen LogP contribution < -0.4 is 0 Å². The summed E-state index contributed by atoms with van der Waals surface area (Å²) in [5.41, 5.74) is 11.9. The van der Waals surface area contributed by atoms with E-state index >= 15 is 0 Å². The van der Waals surface area contributed by atoms with Crippen molar-refractivity contribution in [3.63, 3.8) is 0 Å². The lowest BCUT2D eigenvalue weighted by molar-refractivity contribution is 0.590. The highest BCUT2D eigenvalue weighted by Crippen LogP contribution is 2.40. The Balaban J connectivity index is 2.06. The molecule has 25 heavy (non-hydrogen) atoms. The van der Waals surface area contributed by atoms with E-state index in [9.17, 15) is 0 Å². The molecular formula is C25H32. The Labute approximate surface area is 154 Å². The van der Waals surface area contributed by atoms with E-state index in [-0.39, 0.29) is 5.41 Å². The molecule has 0 nitrogen and oxygen atoms in total. The van der Waals surface area contributed by atoms with Gasteiger partial charge < -0.3 is 0 Å². The fourth-order valence-corrected chi connectivity index (χ4v) is 4.02. The molecule has 0 atom stereocenters. The van der Waals surface area contributed by atoms with Crippen molar-refractivity contribution in [2.45, 2.75) is 72.6 Å². The first-order valence-electron chi connectivity index (χ1n) is 9.74. The third-order valence-electron chi connectivity index (χ3n) is 5.54. The molecule has 0 spiro atoms. The number of fused-ring (bicyclic) bond motifs is 1. The summed E-state index contributed by atoms with van der Waals surface area (Å²) < 4.78 is 0. The fraction of sp³-hybridized carbons (Fsp3) is 0.440. The second-order valence-electron chi connectivity index (χ2n) is 8.69. The van der Waals surface area contributed by atoms with Crippen LogP contribution >= 0.6 is 0 Å². The molecule has 2 aromatic rings. The van der Waals surface area contributed by atoms with Crippen LogP contribution in [0.3, 0.4) is 0 Å². The van der Waals surface area contributed by atoms with Crippen molar-refractivity contribution in [2.24, 2.45) is 0 Å². The summed E-state index contributed by atoms with van der Waals surface area (Å²) in [6.07, 6.45) is 7.44. The van der Waals surface area contributed by atoms with Crippen LogP contribution in [0.4, 0.5) is 0 Å². The molecule has 1 aliphatic rings. The molecule has 0 radical (unpaired) electrons. The van der Waals surface area contributed by atoms with Crippen LogP contribution in [0.2, 0.25) is 0 Å². The predicted molar refractivity (Wildman–Crippen MR) is 111 cm³/mol. The van der Waals surface area contributed by atoms with Gasteiger partial charge >= 0.3 is 0 Å². The molecule has 0 bridgehead atoms. The summed E-state index contributed by atoms with van der Waals surface area (Å²) in [5, 5.41) is 0.